The van der Waals surface area contributed by atoms with Gasteiger partial charge >= 0.3 is 0 Å². The van der Waals surface area contributed by atoms with Crippen LogP contribution in [0.1, 0.15) is 12.6 Å². The summed E-state index contributed by atoms with van der Waals surface area (Å²) >= 11 is 1.68. The Morgan fingerprint density at radius 3 is 3.15 bits per heavy atom. The molecule has 68 valence electrons. The van der Waals surface area contributed by atoms with Crippen LogP contribution in [0.4, 0.5) is 0 Å². The molecule has 0 aromatic carbocycles. The van der Waals surface area contributed by atoms with Crippen LogP contribution in [0.15, 0.2) is 17.8 Å². The van der Waals surface area contributed by atoms with Gasteiger partial charge in [-0.25, -0.2) is 9.97 Å². The molecule has 0 aliphatic heterocycles. The number of nitrogens with two attached hydrogens (primary N) is 1. The molecule has 2 rings (SSSR count). The molecule has 1 atom stereocenters. The van der Waals surface area contributed by atoms with Crippen LogP contribution in [0.25, 0.3) is 10.2 Å². The number of hydrogen-bond acceptors (Lipinski definition) is 4. The number of fused-ring (bicyclic) bond motifs is 1. The van der Waals surface area contributed by atoms with Gasteiger partial charge in [-0.3, -0.25) is 0 Å². The highest BCUT2D eigenvalue weighted by atomic mass is 32.1. The number of aromatic nitrogens is 2. The first-order chi connectivity index (χ1) is 6.27. The van der Waals surface area contributed by atoms with E-state index in [-0.39, 0.29) is 6.04 Å². The predicted octanol–water partition coefficient (Wildman–Crippen LogP) is 1.58. The maximum Gasteiger partial charge on any atom is 0.116 e. The maximum atomic E-state index is 5.73. The van der Waals surface area contributed by atoms with Crippen LogP contribution >= 0.6 is 11.3 Å². The maximum absolute atomic E-state index is 5.73. The first-order valence-electron chi connectivity index (χ1n) is 4.20. The molecule has 3 nitrogen and oxygen atoms in total. The molecule has 2 aromatic rings. The van der Waals surface area contributed by atoms with E-state index in [2.05, 4.69) is 9.97 Å². The van der Waals surface area contributed by atoms with E-state index in [1.165, 1.54) is 4.70 Å². The first kappa shape index (κ1) is 8.59. The third-order valence-electron chi connectivity index (χ3n) is 1.83. The van der Waals surface area contributed by atoms with Gasteiger partial charge in [0.15, 0.2) is 0 Å². The normalized spacial score (nSPS) is 13.4. The smallest absolute Gasteiger partial charge is 0.116 e. The minimum absolute atomic E-state index is 0.153. The Kier molecular flexibility index (Phi) is 2.24. The predicted molar refractivity (Wildman–Crippen MR) is 54.8 cm³/mol. The minimum Gasteiger partial charge on any atom is -0.328 e. The molecule has 2 aromatic heterocycles. The largest absolute Gasteiger partial charge is 0.328 e. The summed E-state index contributed by atoms with van der Waals surface area (Å²) in [5.41, 5.74) is 7.82. The highest BCUT2D eigenvalue weighted by Gasteiger charge is 2.06. The molecule has 0 aliphatic rings. The van der Waals surface area contributed by atoms with E-state index < -0.39 is 0 Å². The van der Waals surface area contributed by atoms with Crippen molar-refractivity contribution in [2.75, 3.05) is 0 Å². The molecule has 0 spiro atoms. The molecule has 0 saturated carbocycles. The minimum atomic E-state index is 0.153. The second-order valence-electron chi connectivity index (χ2n) is 3.14. The molecule has 0 bridgehead atoms. The number of nitrogens with zero attached hydrogens (tertiary/aromatic N) is 2. The topological polar surface area (TPSA) is 51.8 Å². The summed E-state index contributed by atoms with van der Waals surface area (Å²) < 4.78 is 1.17. The molecule has 0 aliphatic carbocycles. The summed E-state index contributed by atoms with van der Waals surface area (Å²) in [5, 5.41) is 2.03. The number of thiophene rings is 1. The van der Waals surface area contributed by atoms with Crippen molar-refractivity contribution in [1.29, 1.82) is 0 Å². The lowest BCUT2D eigenvalue weighted by atomic mass is 10.2. The third kappa shape index (κ3) is 1.68. The highest BCUT2D eigenvalue weighted by molar-refractivity contribution is 7.17. The van der Waals surface area contributed by atoms with Crippen molar-refractivity contribution in [2.24, 2.45) is 5.73 Å². The van der Waals surface area contributed by atoms with Gasteiger partial charge in [-0.15, -0.1) is 11.3 Å². The molecule has 4 heteroatoms. The monoisotopic (exact) mass is 193 g/mol. The Morgan fingerprint density at radius 1 is 1.54 bits per heavy atom. The van der Waals surface area contributed by atoms with Crippen molar-refractivity contribution in [3.05, 3.63) is 23.5 Å². The van der Waals surface area contributed by atoms with Crippen LogP contribution in [0, 0.1) is 0 Å². The van der Waals surface area contributed by atoms with Crippen molar-refractivity contribution < 1.29 is 0 Å². The molecule has 0 amide bonds. The second kappa shape index (κ2) is 3.40. The molecule has 1 unspecified atom stereocenters. The second-order valence-corrected chi connectivity index (χ2v) is 4.05. The summed E-state index contributed by atoms with van der Waals surface area (Å²) in [6, 6.07) is 2.16. The van der Waals surface area contributed by atoms with Crippen LogP contribution in [0.2, 0.25) is 0 Å². The Hall–Kier alpha value is -1.000. The zero-order valence-electron chi connectivity index (χ0n) is 7.40. The van der Waals surface area contributed by atoms with Gasteiger partial charge in [0.25, 0.3) is 0 Å². The standard InChI is InChI=1S/C9H11N3S/c1-6(10)4-8-9-7(2-3-13-9)11-5-12-8/h2-3,5-6H,4,10H2,1H3. The molecule has 13 heavy (non-hydrogen) atoms. The van der Waals surface area contributed by atoms with E-state index >= 15 is 0 Å². The van der Waals surface area contributed by atoms with Crippen molar-refractivity contribution in [2.45, 2.75) is 19.4 Å². The molecule has 0 fully saturated rings. The van der Waals surface area contributed by atoms with Crippen molar-refractivity contribution in [1.82, 2.24) is 9.97 Å². The summed E-state index contributed by atoms with van der Waals surface area (Å²) in [5.74, 6) is 0. The first-order valence-corrected chi connectivity index (χ1v) is 5.08. The van der Waals surface area contributed by atoms with Crippen LogP contribution in [-0.2, 0) is 6.42 Å². The number of rotatable bonds is 2. The quantitative estimate of drug-likeness (QED) is 0.787. The van der Waals surface area contributed by atoms with E-state index in [4.69, 9.17) is 5.73 Å². The molecular weight excluding hydrogens is 182 g/mol. The third-order valence-corrected chi connectivity index (χ3v) is 2.78. The summed E-state index contributed by atoms with van der Waals surface area (Å²) in [6.07, 6.45) is 2.42. The molecular formula is C9H11N3S. The van der Waals surface area contributed by atoms with E-state index in [9.17, 15) is 0 Å². The molecule has 2 N–H and O–H groups in total. The Morgan fingerprint density at radius 2 is 2.38 bits per heavy atom. The fourth-order valence-corrected chi connectivity index (χ4v) is 2.14. The van der Waals surface area contributed by atoms with Crippen molar-refractivity contribution in [3.8, 4) is 0 Å². The van der Waals surface area contributed by atoms with E-state index in [1.807, 2.05) is 18.4 Å². The van der Waals surface area contributed by atoms with Crippen molar-refractivity contribution >= 4 is 21.6 Å². The fourth-order valence-electron chi connectivity index (χ4n) is 1.29. The number of hydrogen-bond donors (Lipinski definition) is 1. The molecule has 2 heterocycles. The Balaban J connectivity index is 2.48. The van der Waals surface area contributed by atoms with Crippen LogP contribution in [0.3, 0.4) is 0 Å². The fraction of sp³-hybridized carbons (Fsp3) is 0.333. The van der Waals surface area contributed by atoms with Crippen LogP contribution < -0.4 is 5.73 Å². The zero-order valence-corrected chi connectivity index (χ0v) is 8.21. The van der Waals surface area contributed by atoms with E-state index in [0.29, 0.717) is 0 Å². The van der Waals surface area contributed by atoms with Gasteiger partial charge in [0, 0.05) is 12.5 Å². The average molecular weight is 193 g/mol. The van der Waals surface area contributed by atoms with Gasteiger partial charge in [-0.2, -0.15) is 0 Å². The van der Waals surface area contributed by atoms with Gasteiger partial charge in [-0.05, 0) is 18.4 Å². The Labute approximate surface area is 80.6 Å². The molecule has 0 radical (unpaired) electrons. The Bertz CT molecular complexity index is 408. The van der Waals surface area contributed by atoms with Gasteiger partial charge < -0.3 is 5.73 Å². The SMILES string of the molecule is CC(N)Cc1ncnc2ccsc12. The van der Waals surface area contributed by atoms with Crippen molar-refractivity contribution in [3.63, 3.8) is 0 Å². The van der Waals surface area contributed by atoms with Gasteiger partial charge in [0.2, 0.25) is 0 Å². The summed E-state index contributed by atoms with van der Waals surface area (Å²) in [7, 11) is 0. The van der Waals surface area contributed by atoms with Gasteiger partial charge in [0.1, 0.15) is 6.33 Å². The lowest BCUT2D eigenvalue weighted by molar-refractivity contribution is 0.726. The molecule has 0 saturated heterocycles. The summed E-state index contributed by atoms with van der Waals surface area (Å²) in [4.78, 5) is 8.41. The average Bonchev–Trinajstić information content (AvgIpc) is 2.51. The lowest BCUT2D eigenvalue weighted by Gasteiger charge is -2.03. The van der Waals surface area contributed by atoms with Gasteiger partial charge in [0.05, 0.1) is 15.9 Å². The van der Waals surface area contributed by atoms with Crippen LogP contribution in [0.5, 0.6) is 0 Å². The highest BCUT2D eigenvalue weighted by Crippen LogP contribution is 2.21. The van der Waals surface area contributed by atoms with E-state index in [1.54, 1.807) is 17.7 Å². The van der Waals surface area contributed by atoms with E-state index in [0.717, 1.165) is 17.6 Å². The summed E-state index contributed by atoms with van der Waals surface area (Å²) in [6.45, 7) is 1.99. The van der Waals surface area contributed by atoms with Gasteiger partial charge in [-0.1, -0.05) is 0 Å². The van der Waals surface area contributed by atoms with Crippen LogP contribution in [-0.4, -0.2) is 16.0 Å². The lowest BCUT2D eigenvalue weighted by Crippen LogP contribution is -2.18. The zero-order chi connectivity index (χ0) is 9.26.